The molecule has 6 heteroatoms. The number of thioether (sulfide) groups is 1. The van der Waals surface area contributed by atoms with Crippen LogP contribution in [0.5, 0.6) is 0 Å². The molecule has 1 saturated carbocycles. The highest BCUT2D eigenvalue weighted by molar-refractivity contribution is 8.00. The number of pyridine rings is 1. The van der Waals surface area contributed by atoms with Gasteiger partial charge in [-0.15, -0.1) is 11.8 Å². The first kappa shape index (κ1) is 19.8. The summed E-state index contributed by atoms with van der Waals surface area (Å²) in [5.41, 5.74) is 1.76. The van der Waals surface area contributed by atoms with Gasteiger partial charge in [0.2, 0.25) is 0 Å². The van der Waals surface area contributed by atoms with E-state index < -0.39 is 18.3 Å². The largest absolute Gasteiger partial charge is 0.481 e. The fourth-order valence-corrected chi connectivity index (χ4v) is 4.69. The Morgan fingerprint density at radius 1 is 1.19 bits per heavy atom. The molecule has 3 nitrogen and oxygen atoms in total. The zero-order valence-corrected chi connectivity index (χ0v) is 15.9. The predicted molar refractivity (Wildman–Crippen MR) is 103 cm³/mol. The lowest BCUT2D eigenvalue weighted by atomic mass is 9.99. The average Bonchev–Trinajstić information content (AvgIpc) is 3.15. The summed E-state index contributed by atoms with van der Waals surface area (Å²) in [7, 11) is 0. The van der Waals surface area contributed by atoms with Gasteiger partial charge in [-0.2, -0.15) is 0 Å². The summed E-state index contributed by atoms with van der Waals surface area (Å²) in [5, 5.41) is 10.1. The predicted octanol–water partition coefficient (Wildman–Crippen LogP) is 6.13. The maximum atomic E-state index is 14.3. The van der Waals surface area contributed by atoms with Crippen molar-refractivity contribution in [2.24, 2.45) is 0 Å². The quantitative estimate of drug-likeness (QED) is 0.588. The van der Waals surface area contributed by atoms with Gasteiger partial charge in [0.15, 0.2) is 0 Å². The first-order valence-electron chi connectivity index (χ1n) is 9.28. The van der Waals surface area contributed by atoms with Gasteiger partial charge in [-0.1, -0.05) is 43.2 Å². The molecule has 1 aliphatic rings. The molecule has 0 radical (unpaired) electrons. The minimum atomic E-state index is -3.02. The van der Waals surface area contributed by atoms with Crippen molar-refractivity contribution in [2.45, 2.75) is 61.1 Å². The van der Waals surface area contributed by atoms with Gasteiger partial charge < -0.3 is 5.11 Å². The first-order chi connectivity index (χ1) is 13.0. The van der Waals surface area contributed by atoms with Gasteiger partial charge in [-0.05, 0) is 30.9 Å². The van der Waals surface area contributed by atoms with Crippen LogP contribution in [0, 0.1) is 0 Å². The SMILES string of the molecule is O=C(O)CCCC(F)(F)c1ccc(-c2cccnc2SC2CCCC2)cc1. The summed E-state index contributed by atoms with van der Waals surface area (Å²) in [6, 6.07) is 10.1. The Bertz CT molecular complexity index is 774. The number of nitrogens with zero attached hydrogens (tertiary/aromatic N) is 1. The number of rotatable bonds is 8. The highest BCUT2D eigenvalue weighted by atomic mass is 32.2. The second-order valence-electron chi connectivity index (χ2n) is 6.91. The van der Waals surface area contributed by atoms with E-state index in [1.165, 1.54) is 37.8 Å². The van der Waals surface area contributed by atoms with Crippen LogP contribution >= 0.6 is 11.8 Å². The third-order valence-electron chi connectivity index (χ3n) is 4.85. The number of halogens is 2. The van der Waals surface area contributed by atoms with Gasteiger partial charge in [0.25, 0.3) is 5.92 Å². The van der Waals surface area contributed by atoms with Crippen LogP contribution in [0.4, 0.5) is 8.78 Å². The summed E-state index contributed by atoms with van der Waals surface area (Å²) in [6.07, 6.45) is 5.92. The monoisotopic (exact) mass is 391 g/mol. The fourth-order valence-electron chi connectivity index (χ4n) is 3.37. The van der Waals surface area contributed by atoms with Crippen molar-refractivity contribution >= 4 is 17.7 Å². The molecule has 1 fully saturated rings. The number of carboxylic acids is 1. The normalized spacial score (nSPS) is 15.2. The zero-order valence-electron chi connectivity index (χ0n) is 15.0. The van der Waals surface area contributed by atoms with E-state index in [2.05, 4.69) is 4.98 Å². The molecule has 1 N–H and O–H groups in total. The van der Waals surface area contributed by atoms with Crippen molar-refractivity contribution in [1.82, 2.24) is 4.98 Å². The van der Waals surface area contributed by atoms with E-state index >= 15 is 0 Å². The molecule has 2 aromatic rings. The Morgan fingerprint density at radius 2 is 1.89 bits per heavy atom. The standard InChI is InChI=1S/C21H23F2NO2S/c22-21(23,13-3-8-19(25)26)16-11-9-15(10-12-16)18-7-4-14-24-20(18)27-17-5-1-2-6-17/h4,7,9-12,14,17H,1-3,5-6,8,13H2,(H,25,26). The third kappa shape index (κ3) is 5.28. The molecule has 0 spiro atoms. The van der Waals surface area contributed by atoms with E-state index in [4.69, 9.17) is 5.11 Å². The van der Waals surface area contributed by atoms with Crippen LogP contribution in [-0.4, -0.2) is 21.3 Å². The van der Waals surface area contributed by atoms with Gasteiger partial charge in [-0.3, -0.25) is 4.79 Å². The molecule has 1 aliphatic carbocycles. The number of aromatic nitrogens is 1. The topological polar surface area (TPSA) is 50.2 Å². The van der Waals surface area contributed by atoms with Crippen molar-refractivity contribution < 1.29 is 18.7 Å². The molecule has 0 saturated heterocycles. The molecular weight excluding hydrogens is 368 g/mol. The lowest BCUT2D eigenvalue weighted by molar-refractivity contribution is -0.137. The average molecular weight is 391 g/mol. The summed E-state index contributed by atoms with van der Waals surface area (Å²) in [6.45, 7) is 0. The van der Waals surface area contributed by atoms with Crippen molar-refractivity contribution in [3.63, 3.8) is 0 Å². The van der Waals surface area contributed by atoms with E-state index in [0.717, 1.165) is 16.2 Å². The van der Waals surface area contributed by atoms with E-state index in [-0.39, 0.29) is 18.4 Å². The van der Waals surface area contributed by atoms with Crippen molar-refractivity contribution in [1.29, 1.82) is 0 Å². The molecule has 3 rings (SSSR count). The molecule has 0 amide bonds. The molecule has 144 valence electrons. The Kier molecular flexibility index (Phi) is 6.47. The number of hydrogen-bond donors (Lipinski definition) is 1. The van der Waals surface area contributed by atoms with Crippen LogP contribution in [-0.2, 0) is 10.7 Å². The van der Waals surface area contributed by atoms with Crippen LogP contribution in [0.25, 0.3) is 11.1 Å². The van der Waals surface area contributed by atoms with Crippen molar-refractivity contribution in [2.75, 3.05) is 0 Å². The highest BCUT2D eigenvalue weighted by Gasteiger charge is 2.31. The Morgan fingerprint density at radius 3 is 2.56 bits per heavy atom. The smallest absolute Gasteiger partial charge is 0.303 e. The van der Waals surface area contributed by atoms with E-state index in [0.29, 0.717) is 5.25 Å². The van der Waals surface area contributed by atoms with Gasteiger partial charge in [-0.25, -0.2) is 13.8 Å². The number of benzene rings is 1. The van der Waals surface area contributed by atoms with Crippen LogP contribution in [0.2, 0.25) is 0 Å². The van der Waals surface area contributed by atoms with Gasteiger partial charge in [0.05, 0.1) is 0 Å². The summed E-state index contributed by atoms with van der Waals surface area (Å²) >= 11 is 1.78. The van der Waals surface area contributed by atoms with Crippen molar-refractivity contribution in [3.8, 4) is 11.1 Å². The number of carbonyl (C=O) groups is 1. The lowest BCUT2D eigenvalue weighted by Gasteiger charge is -2.17. The maximum Gasteiger partial charge on any atom is 0.303 e. The van der Waals surface area contributed by atoms with E-state index in [1.54, 1.807) is 30.1 Å². The molecule has 1 aromatic carbocycles. The molecular formula is C21H23F2NO2S. The summed E-state index contributed by atoms with van der Waals surface area (Å²) in [4.78, 5) is 15.0. The molecule has 1 heterocycles. The Hall–Kier alpha value is -1.95. The second-order valence-corrected chi connectivity index (χ2v) is 8.20. The molecule has 1 aromatic heterocycles. The number of hydrogen-bond acceptors (Lipinski definition) is 3. The molecule has 27 heavy (non-hydrogen) atoms. The van der Waals surface area contributed by atoms with Crippen molar-refractivity contribution in [3.05, 3.63) is 48.2 Å². The number of carboxylic acid groups (broad SMARTS) is 1. The molecule has 0 atom stereocenters. The van der Waals surface area contributed by atoms with E-state index in [9.17, 15) is 13.6 Å². The second kappa shape index (κ2) is 8.83. The zero-order chi connectivity index (χ0) is 19.3. The van der Waals surface area contributed by atoms with Gasteiger partial charge in [0.1, 0.15) is 5.03 Å². The maximum absolute atomic E-state index is 14.3. The van der Waals surface area contributed by atoms with Crippen LogP contribution in [0.15, 0.2) is 47.6 Å². The number of aliphatic carboxylic acids is 1. The molecule has 0 aliphatic heterocycles. The van der Waals surface area contributed by atoms with E-state index in [1.807, 2.05) is 12.1 Å². The first-order valence-corrected chi connectivity index (χ1v) is 10.2. The highest BCUT2D eigenvalue weighted by Crippen LogP contribution is 2.39. The summed E-state index contributed by atoms with van der Waals surface area (Å²) < 4.78 is 28.6. The lowest BCUT2D eigenvalue weighted by Crippen LogP contribution is -2.13. The third-order valence-corrected chi connectivity index (χ3v) is 6.20. The van der Waals surface area contributed by atoms with Crippen LogP contribution in [0.3, 0.4) is 0 Å². The van der Waals surface area contributed by atoms with Crippen LogP contribution < -0.4 is 0 Å². The Labute approximate surface area is 162 Å². The molecule has 0 bridgehead atoms. The fraction of sp³-hybridized carbons (Fsp3) is 0.429. The summed E-state index contributed by atoms with van der Waals surface area (Å²) in [5.74, 6) is -4.07. The van der Waals surface area contributed by atoms with Crippen LogP contribution in [0.1, 0.15) is 50.5 Å². The minimum Gasteiger partial charge on any atom is -0.481 e. The number of alkyl halides is 2. The van der Waals surface area contributed by atoms with Gasteiger partial charge >= 0.3 is 5.97 Å². The molecule has 0 unspecified atom stereocenters. The van der Waals surface area contributed by atoms with Gasteiger partial charge in [0, 0.05) is 35.4 Å². The Balaban J connectivity index is 1.74. The minimum absolute atomic E-state index is 0.0468.